The topological polar surface area (TPSA) is 107 Å². The van der Waals surface area contributed by atoms with Crippen LogP contribution in [0.2, 0.25) is 0 Å². The summed E-state index contributed by atoms with van der Waals surface area (Å²) in [6, 6.07) is 12.3. The highest BCUT2D eigenvalue weighted by atomic mass is 32.2. The van der Waals surface area contributed by atoms with Crippen LogP contribution in [0.4, 0.5) is 10.5 Å². The summed E-state index contributed by atoms with van der Waals surface area (Å²) in [4.78, 5) is 50.2. The molecule has 2 amide bonds. The fraction of sp³-hybridized carbons (Fsp3) is 0.261. The summed E-state index contributed by atoms with van der Waals surface area (Å²) in [6.07, 6.45) is 1.72. The van der Waals surface area contributed by atoms with Gasteiger partial charge in [-0.15, -0.1) is 0 Å². The molecular formula is C23H22N2O6S2. The molecule has 2 aromatic rings. The van der Waals surface area contributed by atoms with Gasteiger partial charge >= 0.3 is 5.97 Å². The number of carbonyl (C=O) groups is 3. The van der Waals surface area contributed by atoms with Gasteiger partial charge in [-0.2, -0.15) is 0 Å². The Morgan fingerprint density at radius 2 is 1.94 bits per heavy atom. The number of benzene rings is 2. The molecule has 1 atom stereocenters. The first-order valence-electron chi connectivity index (χ1n) is 10.2. The van der Waals surface area contributed by atoms with E-state index in [0.29, 0.717) is 28.6 Å². The van der Waals surface area contributed by atoms with E-state index in [1.807, 2.05) is 38.1 Å². The van der Waals surface area contributed by atoms with E-state index in [0.717, 1.165) is 15.4 Å². The van der Waals surface area contributed by atoms with Crippen molar-refractivity contribution in [2.24, 2.45) is 0 Å². The number of rotatable bonds is 8. The lowest BCUT2D eigenvalue weighted by Gasteiger charge is -2.14. The number of hydrogen-bond acceptors (Lipinski definition) is 8. The van der Waals surface area contributed by atoms with Gasteiger partial charge in [0.25, 0.3) is 16.8 Å². The highest BCUT2D eigenvalue weighted by Crippen LogP contribution is 2.37. The number of thioether (sulfide) groups is 1. The molecule has 172 valence electrons. The zero-order valence-electron chi connectivity index (χ0n) is 18.3. The van der Waals surface area contributed by atoms with Gasteiger partial charge in [-0.3, -0.25) is 29.4 Å². The predicted molar refractivity (Wildman–Crippen MR) is 127 cm³/mol. The Labute approximate surface area is 199 Å². The van der Waals surface area contributed by atoms with Gasteiger partial charge in [0, 0.05) is 11.0 Å². The van der Waals surface area contributed by atoms with Crippen molar-refractivity contribution in [3.8, 4) is 0 Å². The van der Waals surface area contributed by atoms with E-state index in [1.165, 1.54) is 23.9 Å². The maximum absolute atomic E-state index is 12.6. The molecule has 8 nitrogen and oxygen atoms in total. The number of ether oxygens (including phenoxy) is 1. The van der Waals surface area contributed by atoms with Crippen LogP contribution in [-0.4, -0.2) is 39.6 Å². The fourth-order valence-electron chi connectivity index (χ4n) is 2.85. The van der Waals surface area contributed by atoms with Crippen molar-refractivity contribution >= 4 is 52.4 Å². The standard InChI is InChI=1S/C23H22N2O6S2/c1-4-15(3)31-21(26)13-24-22(27)20(33-23(24)28)12-16-7-10-19(18(11-16)25(29)30)32-17-8-5-14(2)6-9-17/h5-12,15H,4,13H2,1-3H3. The molecule has 0 aromatic heterocycles. The second-order valence-electron chi connectivity index (χ2n) is 7.38. The highest BCUT2D eigenvalue weighted by Gasteiger charge is 2.37. The molecule has 0 spiro atoms. The van der Waals surface area contributed by atoms with Crippen LogP contribution in [0.25, 0.3) is 6.08 Å². The molecule has 0 saturated carbocycles. The van der Waals surface area contributed by atoms with Crippen LogP contribution >= 0.6 is 23.5 Å². The van der Waals surface area contributed by atoms with Gasteiger partial charge in [0.05, 0.1) is 20.8 Å². The third kappa shape index (κ3) is 6.23. The first-order chi connectivity index (χ1) is 15.7. The molecule has 1 unspecified atom stereocenters. The number of nitrogens with zero attached hydrogens (tertiary/aromatic N) is 2. The number of amides is 2. The van der Waals surface area contributed by atoms with Gasteiger partial charge < -0.3 is 4.74 Å². The molecule has 3 rings (SSSR count). The smallest absolute Gasteiger partial charge is 0.326 e. The lowest BCUT2D eigenvalue weighted by atomic mass is 10.2. The number of imide groups is 1. The molecule has 1 saturated heterocycles. The zero-order valence-corrected chi connectivity index (χ0v) is 19.9. The first-order valence-corrected chi connectivity index (χ1v) is 11.8. The van der Waals surface area contributed by atoms with Crippen molar-refractivity contribution in [2.45, 2.75) is 43.1 Å². The Morgan fingerprint density at radius 3 is 2.58 bits per heavy atom. The summed E-state index contributed by atoms with van der Waals surface area (Å²) in [7, 11) is 0. The van der Waals surface area contributed by atoms with Gasteiger partial charge in [-0.05, 0) is 61.9 Å². The van der Waals surface area contributed by atoms with Crippen LogP contribution in [0.15, 0.2) is 57.2 Å². The molecule has 33 heavy (non-hydrogen) atoms. The molecule has 2 aromatic carbocycles. The lowest BCUT2D eigenvalue weighted by molar-refractivity contribution is -0.387. The Bertz CT molecular complexity index is 1130. The van der Waals surface area contributed by atoms with Gasteiger partial charge in [0.15, 0.2) is 0 Å². The second kappa shape index (κ2) is 10.7. The van der Waals surface area contributed by atoms with Crippen molar-refractivity contribution in [3.05, 3.63) is 68.6 Å². The Hall–Kier alpha value is -3.11. The van der Waals surface area contributed by atoms with Crippen LogP contribution in [-0.2, 0) is 14.3 Å². The van der Waals surface area contributed by atoms with Crippen LogP contribution in [0, 0.1) is 17.0 Å². The van der Waals surface area contributed by atoms with Gasteiger partial charge in [0.1, 0.15) is 6.54 Å². The second-order valence-corrected chi connectivity index (χ2v) is 9.48. The summed E-state index contributed by atoms with van der Waals surface area (Å²) in [6.45, 7) is 5.06. The lowest BCUT2D eigenvalue weighted by Crippen LogP contribution is -2.35. The summed E-state index contributed by atoms with van der Waals surface area (Å²) >= 11 is 1.95. The number of esters is 1. The normalized spacial score (nSPS) is 15.7. The third-order valence-electron chi connectivity index (χ3n) is 4.79. The van der Waals surface area contributed by atoms with Gasteiger partial charge in [-0.1, -0.05) is 42.4 Å². The van der Waals surface area contributed by atoms with E-state index < -0.39 is 28.6 Å². The summed E-state index contributed by atoms with van der Waals surface area (Å²) < 4.78 is 5.13. The zero-order chi connectivity index (χ0) is 24.1. The minimum atomic E-state index is -0.666. The molecular weight excluding hydrogens is 464 g/mol. The van der Waals surface area contributed by atoms with Gasteiger partial charge in [-0.25, -0.2) is 0 Å². The van der Waals surface area contributed by atoms with Crippen molar-refractivity contribution < 1.29 is 24.0 Å². The highest BCUT2D eigenvalue weighted by molar-refractivity contribution is 8.18. The maximum Gasteiger partial charge on any atom is 0.326 e. The Morgan fingerprint density at radius 1 is 1.24 bits per heavy atom. The summed E-state index contributed by atoms with van der Waals surface area (Å²) in [5, 5.41) is 11.1. The molecule has 0 radical (unpaired) electrons. The van der Waals surface area contributed by atoms with Crippen molar-refractivity contribution in [3.63, 3.8) is 0 Å². The van der Waals surface area contributed by atoms with Crippen molar-refractivity contribution in [2.75, 3.05) is 6.54 Å². The quantitative estimate of drug-likeness (QED) is 0.210. The number of nitro benzene ring substituents is 1. The predicted octanol–water partition coefficient (Wildman–Crippen LogP) is 5.43. The molecule has 1 aliphatic heterocycles. The van der Waals surface area contributed by atoms with Gasteiger partial charge in [0.2, 0.25) is 0 Å². The molecule has 0 bridgehead atoms. The number of aryl methyl sites for hydroxylation is 1. The molecule has 0 aliphatic carbocycles. The van der Waals surface area contributed by atoms with E-state index >= 15 is 0 Å². The Kier molecular flexibility index (Phi) is 7.93. The molecule has 1 fully saturated rings. The van der Waals surface area contributed by atoms with E-state index in [2.05, 4.69) is 0 Å². The van der Waals surface area contributed by atoms with Crippen LogP contribution in [0.1, 0.15) is 31.4 Å². The largest absolute Gasteiger partial charge is 0.461 e. The summed E-state index contributed by atoms with van der Waals surface area (Å²) in [5.74, 6) is -1.30. The SMILES string of the molecule is CCC(C)OC(=O)CN1C(=O)SC(=Cc2ccc(Sc3ccc(C)cc3)c([N+](=O)[O-])c2)C1=O. The third-order valence-corrected chi connectivity index (χ3v) is 6.77. The number of carbonyl (C=O) groups excluding carboxylic acids is 3. The maximum atomic E-state index is 12.6. The minimum Gasteiger partial charge on any atom is -0.461 e. The van der Waals surface area contributed by atoms with Crippen molar-refractivity contribution in [1.82, 2.24) is 4.90 Å². The van der Waals surface area contributed by atoms with Crippen LogP contribution in [0.3, 0.4) is 0 Å². The average Bonchev–Trinajstić information content (AvgIpc) is 3.03. The van der Waals surface area contributed by atoms with E-state index in [-0.39, 0.29) is 16.7 Å². The molecule has 1 aliphatic rings. The average molecular weight is 487 g/mol. The minimum absolute atomic E-state index is 0.0876. The Balaban J connectivity index is 1.79. The number of hydrogen-bond donors (Lipinski definition) is 0. The number of nitro groups is 1. The van der Waals surface area contributed by atoms with E-state index in [4.69, 9.17) is 4.74 Å². The molecule has 0 N–H and O–H groups in total. The van der Waals surface area contributed by atoms with Crippen LogP contribution in [0.5, 0.6) is 0 Å². The summed E-state index contributed by atoms with van der Waals surface area (Å²) in [5.41, 5.74) is 1.39. The fourth-order valence-corrected chi connectivity index (χ4v) is 4.59. The monoisotopic (exact) mass is 486 g/mol. The molecule has 10 heteroatoms. The first kappa shape index (κ1) is 24.5. The van der Waals surface area contributed by atoms with E-state index in [9.17, 15) is 24.5 Å². The van der Waals surface area contributed by atoms with Crippen molar-refractivity contribution in [1.29, 1.82) is 0 Å². The van der Waals surface area contributed by atoms with E-state index in [1.54, 1.807) is 19.1 Å². The van der Waals surface area contributed by atoms with Crippen LogP contribution < -0.4 is 0 Å². The molecule has 1 heterocycles.